The first-order valence-electron chi connectivity index (χ1n) is 5.33. The maximum absolute atomic E-state index is 13.5. The predicted molar refractivity (Wildman–Crippen MR) is 65.5 cm³/mol. The van der Waals surface area contributed by atoms with Crippen molar-refractivity contribution < 1.29 is 8.78 Å². The molecule has 0 heterocycles. The maximum atomic E-state index is 13.5. The molecule has 0 spiro atoms. The maximum Gasteiger partial charge on any atom is 0.146 e. The Bertz CT molecular complexity index is 630. The number of hydrogen-bond donors (Lipinski definition) is 1. The van der Waals surface area contributed by atoms with Crippen LogP contribution in [0.4, 0.5) is 20.2 Å². The second kappa shape index (κ2) is 4.84. The van der Waals surface area contributed by atoms with Crippen molar-refractivity contribution in [3.63, 3.8) is 0 Å². The molecule has 2 aromatic rings. The fourth-order valence-corrected chi connectivity index (χ4v) is 1.57. The number of rotatable bonds is 2. The van der Waals surface area contributed by atoms with Gasteiger partial charge in [0.25, 0.3) is 0 Å². The van der Waals surface area contributed by atoms with E-state index in [2.05, 4.69) is 5.32 Å². The molecule has 0 aliphatic heterocycles. The molecule has 2 rings (SSSR count). The molecule has 0 radical (unpaired) electrons. The van der Waals surface area contributed by atoms with Crippen LogP contribution < -0.4 is 5.32 Å². The average molecular weight is 244 g/mol. The van der Waals surface area contributed by atoms with Crippen molar-refractivity contribution >= 4 is 11.4 Å². The summed E-state index contributed by atoms with van der Waals surface area (Å²) < 4.78 is 26.9. The monoisotopic (exact) mass is 244 g/mol. The first-order valence-corrected chi connectivity index (χ1v) is 5.33. The second-order valence-corrected chi connectivity index (χ2v) is 3.91. The molecule has 0 aliphatic carbocycles. The van der Waals surface area contributed by atoms with E-state index >= 15 is 0 Å². The summed E-state index contributed by atoms with van der Waals surface area (Å²) in [4.78, 5) is 0. The first kappa shape index (κ1) is 12.1. The summed E-state index contributed by atoms with van der Waals surface area (Å²) in [6.45, 7) is 1.84. The molecule has 0 aromatic heterocycles. The van der Waals surface area contributed by atoms with E-state index in [1.807, 2.05) is 6.92 Å². The van der Waals surface area contributed by atoms with Crippen molar-refractivity contribution in [2.45, 2.75) is 6.92 Å². The van der Waals surface area contributed by atoms with Gasteiger partial charge in [-0.1, -0.05) is 6.07 Å². The van der Waals surface area contributed by atoms with E-state index in [0.717, 1.165) is 5.56 Å². The summed E-state index contributed by atoms with van der Waals surface area (Å²) >= 11 is 0. The number of halogens is 2. The molecule has 0 amide bonds. The Kier molecular flexibility index (Phi) is 3.24. The van der Waals surface area contributed by atoms with Crippen LogP contribution in [0.25, 0.3) is 0 Å². The molecule has 18 heavy (non-hydrogen) atoms. The lowest BCUT2D eigenvalue weighted by atomic mass is 10.2. The lowest BCUT2D eigenvalue weighted by Crippen LogP contribution is -1.96. The van der Waals surface area contributed by atoms with Crippen molar-refractivity contribution in [1.82, 2.24) is 0 Å². The van der Waals surface area contributed by atoms with Crippen LogP contribution in [0.2, 0.25) is 0 Å². The number of nitrogens with one attached hydrogen (secondary N) is 1. The number of aryl methyl sites for hydroxylation is 1. The normalized spacial score (nSPS) is 9.89. The summed E-state index contributed by atoms with van der Waals surface area (Å²) in [5, 5.41) is 11.4. The van der Waals surface area contributed by atoms with Gasteiger partial charge in [0.05, 0.1) is 11.3 Å². The van der Waals surface area contributed by atoms with E-state index in [-0.39, 0.29) is 11.3 Å². The summed E-state index contributed by atoms with van der Waals surface area (Å²) in [5.41, 5.74) is 1.54. The molecule has 0 aliphatic rings. The lowest BCUT2D eigenvalue weighted by Gasteiger charge is -2.08. The number of anilines is 2. The highest BCUT2D eigenvalue weighted by atomic mass is 19.1. The zero-order valence-corrected chi connectivity index (χ0v) is 9.67. The molecule has 0 bridgehead atoms. The molecule has 2 aromatic carbocycles. The van der Waals surface area contributed by atoms with Gasteiger partial charge in [-0.3, -0.25) is 0 Å². The van der Waals surface area contributed by atoms with E-state index in [4.69, 9.17) is 5.26 Å². The van der Waals surface area contributed by atoms with Gasteiger partial charge in [0.15, 0.2) is 0 Å². The molecule has 0 saturated heterocycles. The Labute approximate surface area is 103 Å². The van der Waals surface area contributed by atoms with E-state index in [9.17, 15) is 8.78 Å². The van der Waals surface area contributed by atoms with Crippen LogP contribution in [-0.4, -0.2) is 0 Å². The second-order valence-electron chi connectivity index (χ2n) is 3.91. The minimum absolute atomic E-state index is 0.0368. The number of nitriles is 1. The van der Waals surface area contributed by atoms with Gasteiger partial charge in [0, 0.05) is 5.69 Å². The van der Waals surface area contributed by atoms with Gasteiger partial charge in [-0.05, 0) is 42.8 Å². The molecule has 2 nitrogen and oxygen atoms in total. The Hall–Kier alpha value is -2.41. The van der Waals surface area contributed by atoms with Gasteiger partial charge in [-0.15, -0.1) is 0 Å². The molecule has 0 saturated carbocycles. The van der Waals surface area contributed by atoms with Gasteiger partial charge >= 0.3 is 0 Å². The fourth-order valence-electron chi connectivity index (χ4n) is 1.57. The average Bonchev–Trinajstić information content (AvgIpc) is 2.34. The van der Waals surface area contributed by atoms with Crippen LogP contribution in [-0.2, 0) is 0 Å². The Morgan fingerprint density at radius 1 is 1.06 bits per heavy atom. The quantitative estimate of drug-likeness (QED) is 0.869. The number of nitrogens with zero attached hydrogens (tertiary/aromatic N) is 1. The predicted octanol–water partition coefficient (Wildman–Crippen LogP) is 3.89. The lowest BCUT2D eigenvalue weighted by molar-refractivity contribution is 0.623. The van der Waals surface area contributed by atoms with Gasteiger partial charge in [-0.2, -0.15) is 5.26 Å². The zero-order chi connectivity index (χ0) is 13.1. The molecular weight excluding hydrogens is 234 g/mol. The SMILES string of the molecule is Cc1ccc(F)c(Nc2ccc(C#N)c(F)c2)c1. The van der Waals surface area contributed by atoms with Crippen LogP contribution in [0.3, 0.4) is 0 Å². The Morgan fingerprint density at radius 2 is 1.83 bits per heavy atom. The van der Waals surface area contributed by atoms with Gasteiger partial charge < -0.3 is 5.32 Å². The van der Waals surface area contributed by atoms with E-state index < -0.39 is 11.6 Å². The highest BCUT2D eigenvalue weighted by Gasteiger charge is 2.05. The molecule has 0 unspecified atom stereocenters. The summed E-state index contributed by atoms with van der Waals surface area (Å²) in [7, 11) is 0. The molecule has 0 fully saturated rings. The van der Waals surface area contributed by atoms with Crippen LogP contribution in [0.5, 0.6) is 0 Å². The van der Waals surface area contributed by atoms with Crippen molar-refractivity contribution in [1.29, 1.82) is 5.26 Å². The molecular formula is C14H10F2N2. The van der Waals surface area contributed by atoms with Gasteiger partial charge in [-0.25, -0.2) is 8.78 Å². The van der Waals surface area contributed by atoms with Gasteiger partial charge in [0.1, 0.15) is 17.7 Å². The molecule has 0 atom stereocenters. The van der Waals surface area contributed by atoms with E-state index in [0.29, 0.717) is 5.69 Å². The minimum atomic E-state index is -0.629. The topological polar surface area (TPSA) is 35.8 Å². The van der Waals surface area contributed by atoms with Crippen LogP contribution >= 0.6 is 0 Å². The Balaban J connectivity index is 2.32. The highest BCUT2D eigenvalue weighted by molar-refractivity contribution is 5.61. The smallest absolute Gasteiger partial charge is 0.146 e. The molecule has 4 heteroatoms. The minimum Gasteiger partial charge on any atom is -0.353 e. The van der Waals surface area contributed by atoms with Crippen LogP contribution in [0.15, 0.2) is 36.4 Å². The fraction of sp³-hybridized carbons (Fsp3) is 0.0714. The Morgan fingerprint density at radius 3 is 2.50 bits per heavy atom. The number of hydrogen-bond acceptors (Lipinski definition) is 2. The van der Waals surface area contributed by atoms with Crippen molar-refractivity contribution in [3.8, 4) is 6.07 Å². The van der Waals surface area contributed by atoms with Crippen LogP contribution in [0, 0.1) is 29.9 Å². The van der Waals surface area contributed by atoms with Crippen molar-refractivity contribution in [2.24, 2.45) is 0 Å². The summed E-state index contributed by atoms with van der Waals surface area (Å²) in [6, 6.07) is 10.4. The largest absolute Gasteiger partial charge is 0.353 e. The van der Waals surface area contributed by atoms with E-state index in [1.165, 1.54) is 24.3 Å². The highest BCUT2D eigenvalue weighted by Crippen LogP contribution is 2.22. The third-order valence-electron chi connectivity index (χ3n) is 2.49. The zero-order valence-electron chi connectivity index (χ0n) is 9.67. The first-order chi connectivity index (χ1) is 8.60. The molecule has 90 valence electrons. The summed E-state index contributed by atoms with van der Waals surface area (Å²) in [6.07, 6.45) is 0. The summed E-state index contributed by atoms with van der Waals surface area (Å²) in [5.74, 6) is -1.04. The third kappa shape index (κ3) is 2.46. The van der Waals surface area contributed by atoms with Crippen molar-refractivity contribution in [2.75, 3.05) is 5.32 Å². The molecule has 1 N–H and O–H groups in total. The number of benzene rings is 2. The standard InChI is InChI=1S/C14H10F2N2/c1-9-2-5-12(15)14(6-9)18-11-4-3-10(8-17)13(16)7-11/h2-7,18H,1H3. The third-order valence-corrected chi connectivity index (χ3v) is 2.49. The van der Waals surface area contributed by atoms with E-state index in [1.54, 1.807) is 18.2 Å². The van der Waals surface area contributed by atoms with Crippen LogP contribution in [0.1, 0.15) is 11.1 Å². The van der Waals surface area contributed by atoms with Gasteiger partial charge in [0.2, 0.25) is 0 Å². The van der Waals surface area contributed by atoms with Crippen molar-refractivity contribution in [3.05, 3.63) is 59.2 Å².